The van der Waals surface area contributed by atoms with Gasteiger partial charge in [0.05, 0.1) is 36.7 Å². The average Bonchev–Trinajstić information content (AvgIpc) is 2.82. The fraction of sp³-hybridized carbons (Fsp3) is 0.174. The summed E-state index contributed by atoms with van der Waals surface area (Å²) in [6, 6.07) is 18.4. The summed E-state index contributed by atoms with van der Waals surface area (Å²) in [5, 5.41) is 2.58. The molecule has 0 aromatic heterocycles. The molecule has 2 N–H and O–H groups in total. The molecule has 186 valence electrons. The molecule has 0 aliphatic carbocycles. The van der Waals surface area contributed by atoms with Crippen molar-refractivity contribution in [1.82, 2.24) is 0 Å². The molecule has 3 aromatic rings. The summed E-state index contributed by atoms with van der Waals surface area (Å²) in [5.74, 6) is 0.168. The highest BCUT2D eigenvalue weighted by Gasteiger charge is 2.21. The summed E-state index contributed by atoms with van der Waals surface area (Å²) >= 11 is 0. The minimum absolute atomic E-state index is 0.0533. The number of methoxy groups -OCH3 is 2. The first kappa shape index (κ1) is 25.8. The Labute approximate surface area is 204 Å². The van der Waals surface area contributed by atoms with Gasteiger partial charge in [-0.15, -0.1) is 0 Å². The highest BCUT2D eigenvalue weighted by molar-refractivity contribution is 7.92. The first-order valence-corrected chi connectivity index (χ1v) is 13.5. The van der Waals surface area contributed by atoms with E-state index in [2.05, 4.69) is 10.0 Å². The van der Waals surface area contributed by atoms with E-state index in [1.807, 2.05) is 0 Å². The second-order valence-electron chi connectivity index (χ2n) is 7.35. The van der Waals surface area contributed by atoms with Crippen molar-refractivity contribution in [3.63, 3.8) is 0 Å². The first-order chi connectivity index (χ1) is 16.5. The van der Waals surface area contributed by atoms with Crippen LogP contribution in [-0.4, -0.2) is 49.8 Å². The van der Waals surface area contributed by atoms with Crippen LogP contribution in [0.4, 0.5) is 17.1 Å². The highest BCUT2D eigenvalue weighted by Crippen LogP contribution is 2.31. The van der Waals surface area contributed by atoms with E-state index in [0.29, 0.717) is 22.9 Å². The summed E-state index contributed by atoms with van der Waals surface area (Å²) in [7, 11) is -4.81. The number of sulfonamides is 2. The van der Waals surface area contributed by atoms with Crippen molar-refractivity contribution in [3.8, 4) is 11.5 Å². The second kappa shape index (κ2) is 10.7. The molecule has 0 saturated heterocycles. The Morgan fingerprint density at radius 2 is 1.54 bits per heavy atom. The Hall–Kier alpha value is -3.77. The molecule has 0 aliphatic heterocycles. The minimum Gasteiger partial charge on any atom is -0.497 e. The summed E-state index contributed by atoms with van der Waals surface area (Å²) < 4.78 is 63.8. The van der Waals surface area contributed by atoms with E-state index in [-0.39, 0.29) is 10.6 Å². The molecule has 0 bridgehead atoms. The van der Waals surface area contributed by atoms with Crippen molar-refractivity contribution in [1.29, 1.82) is 0 Å². The molecule has 0 spiro atoms. The number of para-hydroxylation sites is 1. The van der Waals surface area contributed by atoms with Gasteiger partial charge in [0.15, 0.2) is 0 Å². The summed E-state index contributed by atoms with van der Waals surface area (Å²) in [6.45, 7) is -0.444. The summed E-state index contributed by atoms with van der Waals surface area (Å²) in [5.41, 5.74) is 0.853. The maximum absolute atomic E-state index is 12.8. The normalized spacial score (nSPS) is 11.4. The molecule has 0 saturated carbocycles. The number of rotatable bonds is 10. The number of carbonyl (C=O) groups is 1. The third-order valence-electron chi connectivity index (χ3n) is 4.83. The van der Waals surface area contributed by atoms with Gasteiger partial charge in [0.1, 0.15) is 18.0 Å². The zero-order valence-electron chi connectivity index (χ0n) is 19.3. The molecule has 3 aromatic carbocycles. The van der Waals surface area contributed by atoms with Crippen LogP contribution in [-0.2, 0) is 24.8 Å². The maximum atomic E-state index is 12.8. The van der Waals surface area contributed by atoms with Crippen molar-refractivity contribution >= 4 is 43.0 Å². The number of nitrogens with one attached hydrogen (secondary N) is 2. The lowest BCUT2D eigenvalue weighted by Gasteiger charge is -2.21. The van der Waals surface area contributed by atoms with Gasteiger partial charge >= 0.3 is 0 Å². The molecule has 0 radical (unpaired) electrons. The van der Waals surface area contributed by atoms with E-state index in [0.717, 1.165) is 10.6 Å². The molecule has 0 aliphatic rings. The fourth-order valence-corrected chi connectivity index (χ4v) is 5.06. The van der Waals surface area contributed by atoms with E-state index in [9.17, 15) is 21.6 Å². The SMILES string of the molecule is COc1ccc(OC)c(NS(=O)(=O)c2ccc(NC(=O)CN(c3ccccc3)S(C)(=O)=O)cc2)c1. The number of nitrogens with zero attached hydrogens (tertiary/aromatic N) is 1. The van der Waals surface area contributed by atoms with Crippen LogP contribution in [0.15, 0.2) is 77.7 Å². The van der Waals surface area contributed by atoms with Gasteiger partial charge in [-0.1, -0.05) is 18.2 Å². The maximum Gasteiger partial charge on any atom is 0.262 e. The lowest BCUT2D eigenvalue weighted by atomic mass is 10.3. The van der Waals surface area contributed by atoms with Crippen molar-refractivity contribution in [2.75, 3.05) is 41.4 Å². The van der Waals surface area contributed by atoms with Gasteiger partial charge in [0.2, 0.25) is 15.9 Å². The Bertz CT molecular complexity index is 1390. The quantitative estimate of drug-likeness (QED) is 0.421. The van der Waals surface area contributed by atoms with Gasteiger partial charge in [-0.3, -0.25) is 13.8 Å². The molecule has 3 rings (SSSR count). The predicted molar refractivity (Wildman–Crippen MR) is 134 cm³/mol. The molecule has 35 heavy (non-hydrogen) atoms. The summed E-state index contributed by atoms with van der Waals surface area (Å²) in [4.78, 5) is 12.5. The Kier molecular flexibility index (Phi) is 7.87. The fourth-order valence-electron chi connectivity index (χ4n) is 3.14. The molecule has 0 unspecified atom stereocenters. The molecule has 1 amide bonds. The smallest absolute Gasteiger partial charge is 0.262 e. The zero-order chi connectivity index (χ0) is 25.6. The third kappa shape index (κ3) is 6.64. The number of ether oxygens (including phenoxy) is 2. The first-order valence-electron chi connectivity index (χ1n) is 10.2. The standard InChI is InChI=1S/C23H25N3O7S2/c1-32-19-11-14-22(33-2)21(15-19)25-35(30,31)20-12-9-17(10-13-20)24-23(27)16-26(34(3,28)29)18-7-5-4-6-8-18/h4-15,25H,16H2,1-3H3,(H,24,27). The number of benzene rings is 3. The Morgan fingerprint density at radius 1 is 0.886 bits per heavy atom. The number of hydrogen-bond acceptors (Lipinski definition) is 7. The van der Waals surface area contributed by atoms with Gasteiger partial charge in [0.25, 0.3) is 10.0 Å². The molecular formula is C23H25N3O7S2. The van der Waals surface area contributed by atoms with E-state index >= 15 is 0 Å². The van der Waals surface area contributed by atoms with Gasteiger partial charge in [-0.2, -0.15) is 0 Å². The summed E-state index contributed by atoms with van der Waals surface area (Å²) in [6.07, 6.45) is 1.01. The molecule has 12 heteroatoms. The Balaban J connectivity index is 1.73. The lowest BCUT2D eigenvalue weighted by Crippen LogP contribution is -2.37. The van der Waals surface area contributed by atoms with E-state index < -0.39 is 32.5 Å². The molecule has 0 heterocycles. The lowest BCUT2D eigenvalue weighted by molar-refractivity contribution is -0.114. The molecule has 10 nitrogen and oxygen atoms in total. The van der Waals surface area contributed by atoms with Gasteiger partial charge in [-0.25, -0.2) is 16.8 Å². The number of amides is 1. The van der Waals surface area contributed by atoms with Gasteiger partial charge in [0, 0.05) is 11.8 Å². The van der Waals surface area contributed by atoms with E-state index in [1.54, 1.807) is 42.5 Å². The number of carbonyl (C=O) groups excluding carboxylic acids is 1. The topological polar surface area (TPSA) is 131 Å². The zero-order valence-corrected chi connectivity index (χ0v) is 20.9. The predicted octanol–water partition coefficient (Wildman–Crippen LogP) is 2.91. The minimum atomic E-state index is -3.98. The monoisotopic (exact) mass is 519 g/mol. The van der Waals surface area contributed by atoms with Crippen molar-refractivity contribution in [2.24, 2.45) is 0 Å². The van der Waals surface area contributed by atoms with Gasteiger partial charge in [-0.05, 0) is 48.5 Å². The van der Waals surface area contributed by atoms with Crippen molar-refractivity contribution in [3.05, 3.63) is 72.8 Å². The van der Waals surface area contributed by atoms with Crippen LogP contribution < -0.4 is 23.8 Å². The van der Waals surface area contributed by atoms with Crippen LogP contribution in [0.1, 0.15) is 0 Å². The van der Waals surface area contributed by atoms with Gasteiger partial charge < -0.3 is 14.8 Å². The second-order valence-corrected chi connectivity index (χ2v) is 10.9. The molecular weight excluding hydrogens is 494 g/mol. The van der Waals surface area contributed by atoms with E-state index in [4.69, 9.17) is 9.47 Å². The molecule has 0 atom stereocenters. The number of hydrogen-bond donors (Lipinski definition) is 2. The van der Waals surface area contributed by atoms with Crippen LogP contribution in [0.2, 0.25) is 0 Å². The van der Waals surface area contributed by atoms with Crippen LogP contribution in [0.5, 0.6) is 11.5 Å². The van der Waals surface area contributed by atoms with E-state index in [1.165, 1.54) is 44.6 Å². The highest BCUT2D eigenvalue weighted by atomic mass is 32.2. The van der Waals surface area contributed by atoms with Crippen molar-refractivity contribution < 1.29 is 31.1 Å². The van der Waals surface area contributed by atoms with Crippen LogP contribution in [0.3, 0.4) is 0 Å². The third-order valence-corrected chi connectivity index (χ3v) is 7.35. The largest absolute Gasteiger partial charge is 0.497 e. The Morgan fingerprint density at radius 3 is 2.11 bits per heavy atom. The van der Waals surface area contributed by atoms with Crippen LogP contribution in [0.25, 0.3) is 0 Å². The average molecular weight is 520 g/mol. The van der Waals surface area contributed by atoms with Crippen LogP contribution >= 0.6 is 0 Å². The number of anilines is 3. The van der Waals surface area contributed by atoms with Crippen molar-refractivity contribution in [2.45, 2.75) is 4.90 Å². The molecule has 0 fully saturated rings. The van der Waals surface area contributed by atoms with Crippen LogP contribution in [0, 0.1) is 0 Å².